The van der Waals surface area contributed by atoms with Crippen LogP contribution in [-0.4, -0.2) is 24.9 Å². The number of rotatable bonds is 1. The highest BCUT2D eigenvalue weighted by Crippen LogP contribution is 2.38. The third-order valence-corrected chi connectivity index (χ3v) is 2.83. The van der Waals surface area contributed by atoms with Crippen LogP contribution in [0, 0.1) is 0 Å². The molecule has 1 aliphatic rings. The smallest absolute Gasteiger partial charge is 0.345 e. The number of amides is 2. The van der Waals surface area contributed by atoms with E-state index in [1.165, 1.54) is 6.07 Å². The lowest BCUT2D eigenvalue weighted by atomic mass is 10.1. The monoisotopic (exact) mass is 292 g/mol. The van der Waals surface area contributed by atoms with Crippen molar-refractivity contribution < 1.29 is 22.8 Å². The minimum absolute atomic E-state index is 0.0926. The number of hydrogen-bond donors (Lipinski definition) is 1. The molecule has 19 heavy (non-hydrogen) atoms. The van der Waals surface area contributed by atoms with Gasteiger partial charge >= 0.3 is 6.18 Å². The van der Waals surface area contributed by atoms with Crippen molar-refractivity contribution in [1.29, 1.82) is 0 Å². The van der Waals surface area contributed by atoms with Crippen molar-refractivity contribution in [2.75, 3.05) is 18.0 Å². The Morgan fingerprint density at radius 1 is 1.26 bits per heavy atom. The maximum Gasteiger partial charge on any atom is 0.418 e. The van der Waals surface area contributed by atoms with Gasteiger partial charge in [-0.25, -0.2) is 0 Å². The molecule has 0 aromatic heterocycles. The molecule has 1 aromatic carbocycles. The second kappa shape index (κ2) is 4.73. The van der Waals surface area contributed by atoms with E-state index < -0.39 is 30.1 Å². The van der Waals surface area contributed by atoms with Gasteiger partial charge in [0.15, 0.2) is 0 Å². The van der Waals surface area contributed by atoms with Crippen LogP contribution in [0.2, 0.25) is 5.02 Å². The number of halogens is 4. The largest absolute Gasteiger partial charge is 0.418 e. The van der Waals surface area contributed by atoms with Crippen molar-refractivity contribution in [2.45, 2.75) is 6.18 Å². The van der Waals surface area contributed by atoms with E-state index in [4.69, 9.17) is 11.6 Å². The summed E-state index contributed by atoms with van der Waals surface area (Å²) < 4.78 is 38.7. The Bertz CT molecular complexity index is 545. The number of hydrogen-bond acceptors (Lipinski definition) is 2. The molecule has 0 bridgehead atoms. The number of nitrogens with one attached hydrogen (secondary N) is 1. The zero-order valence-electron chi connectivity index (χ0n) is 9.42. The minimum Gasteiger partial charge on any atom is -0.345 e. The quantitative estimate of drug-likeness (QED) is 0.858. The summed E-state index contributed by atoms with van der Waals surface area (Å²) in [5.41, 5.74) is -1.40. The van der Waals surface area contributed by atoms with Gasteiger partial charge in [0.1, 0.15) is 6.54 Å². The predicted octanol–water partition coefficient (Wildman–Crippen LogP) is 1.82. The van der Waals surface area contributed by atoms with Gasteiger partial charge in [0.25, 0.3) is 0 Å². The van der Waals surface area contributed by atoms with E-state index in [1.54, 1.807) is 0 Å². The lowest BCUT2D eigenvalue weighted by Gasteiger charge is -2.29. The summed E-state index contributed by atoms with van der Waals surface area (Å²) in [4.78, 5) is 23.6. The van der Waals surface area contributed by atoms with Gasteiger partial charge in [0, 0.05) is 5.02 Å². The van der Waals surface area contributed by atoms with E-state index in [9.17, 15) is 22.8 Å². The number of carbonyl (C=O) groups excluding carboxylic acids is 2. The lowest BCUT2D eigenvalue weighted by molar-refractivity contribution is -0.137. The number of alkyl halides is 3. The Hall–Kier alpha value is -1.76. The van der Waals surface area contributed by atoms with Crippen LogP contribution in [0.1, 0.15) is 5.56 Å². The van der Waals surface area contributed by atoms with E-state index in [0.29, 0.717) is 0 Å². The minimum atomic E-state index is -4.66. The fourth-order valence-corrected chi connectivity index (χ4v) is 1.92. The number of nitrogens with zero attached hydrogens (tertiary/aromatic N) is 1. The molecule has 1 aromatic rings. The Kier molecular flexibility index (Phi) is 3.40. The van der Waals surface area contributed by atoms with Crippen LogP contribution >= 0.6 is 11.6 Å². The zero-order chi connectivity index (χ0) is 14.2. The molecule has 4 nitrogen and oxygen atoms in total. The molecule has 1 saturated heterocycles. The summed E-state index contributed by atoms with van der Waals surface area (Å²) in [6.45, 7) is -0.762. The Morgan fingerprint density at radius 3 is 2.58 bits per heavy atom. The van der Waals surface area contributed by atoms with Gasteiger partial charge < -0.3 is 10.2 Å². The predicted molar refractivity (Wildman–Crippen MR) is 61.8 cm³/mol. The van der Waals surface area contributed by atoms with Crippen LogP contribution in [0.5, 0.6) is 0 Å². The fraction of sp³-hybridized carbons (Fsp3) is 0.273. The van der Waals surface area contributed by atoms with Crippen molar-refractivity contribution in [1.82, 2.24) is 5.32 Å². The van der Waals surface area contributed by atoms with Crippen molar-refractivity contribution in [2.24, 2.45) is 0 Å². The number of anilines is 1. The molecule has 2 amide bonds. The summed E-state index contributed by atoms with van der Waals surface area (Å²) in [6, 6.07) is 3.06. The van der Waals surface area contributed by atoms with Gasteiger partial charge in [-0.1, -0.05) is 11.6 Å². The molecule has 0 saturated carbocycles. The molecule has 1 heterocycles. The summed E-state index contributed by atoms with van der Waals surface area (Å²) in [6.07, 6.45) is -4.66. The average Bonchev–Trinajstić information content (AvgIpc) is 2.31. The second-order valence-corrected chi connectivity index (χ2v) is 4.35. The fourth-order valence-electron chi connectivity index (χ4n) is 1.75. The van der Waals surface area contributed by atoms with E-state index >= 15 is 0 Å². The summed E-state index contributed by atoms with van der Waals surface area (Å²) in [7, 11) is 0. The second-order valence-electron chi connectivity index (χ2n) is 3.92. The highest BCUT2D eigenvalue weighted by Gasteiger charge is 2.37. The molecule has 8 heteroatoms. The zero-order valence-corrected chi connectivity index (χ0v) is 10.2. The van der Waals surface area contributed by atoms with Gasteiger partial charge in [-0.15, -0.1) is 0 Å². The first-order chi connectivity index (χ1) is 8.79. The Morgan fingerprint density at radius 2 is 1.95 bits per heavy atom. The Labute approximate surface area is 111 Å². The SMILES string of the molecule is O=C1CN(c2ccc(Cl)cc2C(F)(F)F)C(=O)CN1. The summed E-state index contributed by atoms with van der Waals surface area (Å²) >= 11 is 5.54. The van der Waals surface area contributed by atoms with Gasteiger partial charge in [0.2, 0.25) is 11.8 Å². The molecule has 0 spiro atoms. The highest BCUT2D eigenvalue weighted by molar-refractivity contribution is 6.30. The number of benzene rings is 1. The van der Waals surface area contributed by atoms with Crippen LogP contribution in [0.4, 0.5) is 18.9 Å². The van der Waals surface area contributed by atoms with E-state index in [1.807, 2.05) is 0 Å². The molecule has 0 unspecified atom stereocenters. The lowest BCUT2D eigenvalue weighted by Crippen LogP contribution is -2.52. The maximum absolute atomic E-state index is 12.9. The number of piperazine rings is 1. The standard InChI is InChI=1S/C11H8ClF3N2O2/c12-6-1-2-8(7(3-6)11(13,14)15)17-5-9(18)16-4-10(17)19/h1-3H,4-5H2,(H,16,18). The molecular formula is C11H8ClF3N2O2. The van der Waals surface area contributed by atoms with Gasteiger partial charge in [0.05, 0.1) is 17.8 Å². The van der Waals surface area contributed by atoms with Crippen LogP contribution < -0.4 is 10.2 Å². The molecule has 102 valence electrons. The van der Waals surface area contributed by atoms with Crippen molar-refractivity contribution in [3.63, 3.8) is 0 Å². The maximum atomic E-state index is 12.9. The molecule has 0 atom stereocenters. The average molecular weight is 293 g/mol. The normalized spacial score (nSPS) is 16.5. The van der Waals surface area contributed by atoms with Gasteiger partial charge in [-0.05, 0) is 18.2 Å². The van der Waals surface area contributed by atoms with Crippen molar-refractivity contribution >= 4 is 29.1 Å². The van der Waals surface area contributed by atoms with Crippen LogP contribution in [0.15, 0.2) is 18.2 Å². The van der Waals surface area contributed by atoms with E-state index in [-0.39, 0.29) is 17.3 Å². The van der Waals surface area contributed by atoms with Gasteiger partial charge in [-0.3, -0.25) is 9.59 Å². The molecule has 0 radical (unpaired) electrons. The molecular weight excluding hydrogens is 285 g/mol. The first-order valence-electron chi connectivity index (χ1n) is 5.23. The third-order valence-electron chi connectivity index (χ3n) is 2.59. The topological polar surface area (TPSA) is 49.4 Å². The molecule has 0 aliphatic carbocycles. The van der Waals surface area contributed by atoms with E-state index in [2.05, 4.69) is 5.32 Å². The summed E-state index contributed by atoms with van der Waals surface area (Å²) in [5.74, 6) is -1.12. The Balaban J connectivity index is 2.49. The first kappa shape index (κ1) is 13.7. The van der Waals surface area contributed by atoms with Crippen LogP contribution in [-0.2, 0) is 15.8 Å². The van der Waals surface area contributed by atoms with Crippen LogP contribution in [0.3, 0.4) is 0 Å². The molecule has 1 N–H and O–H groups in total. The van der Waals surface area contributed by atoms with Gasteiger partial charge in [-0.2, -0.15) is 13.2 Å². The van der Waals surface area contributed by atoms with Crippen molar-refractivity contribution in [3.05, 3.63) is 28.8 Å². The molecule has 1 fully saturated rings. The number of carbonyl (C=O) groups is 2. The van der Waals surface area contributed by atoms with Crippen LogP contribution in [0.25, 0.3) is 0 Å². The summed E-state index contributed by atoms with van der Waals surface area (Å²) in [5, 5.41) is 2.17. The molecule has 1 aliphatic heterocycles. The third kappa shape index (κ3) is 2.81. The molecule has 2 rings (SSSR count). The first-order valence-corrected chi connectivity index (χ1v) is 5.60. The van der Waals surface area contributed by atoms with E-state index in [0.717, 1.165) is 17.0 Å². The van der Waals surface area contributed by atoms with Crippen molar-refractivity contribution in [3.8, 4) is 0 Å². The highest BCUT2D eigenvalue weighted by atomic mass is 35.5.